The van der Waals surface area contributed by atoms with Crippen LogP contribution >= 0.6 is 0 Å². The molecular weight excluding hydrogens is 436 g/mol. The van der Waals surface area contributed by atoms with E-state index in [4.69, 9.17) is 9.47 Å². The van der Waals surface area contributed by atoms with Gasteiger partial charge in [0, 0.05) is 27.2 Å². The van der Waals surface area contributed by atoms with Crippen LogP contribution in [0, 0.1) is 0 Å². The zero-order chi connectivity index (χ0) is 24.4. The third-order valence-corrected chi connectivity index (χ3v) is 6.15. The summed E-state index contributed by atoms with van der Waals surface area (Å²) in [5.41, 5.74) is 2.43. The number of rotatable bonds is 6. The highest BCUT2D eigenvalue weighted by Crippen LogP contribution is 2.31. The van der Waals surface area contributed by atoms with Crippen molar-refractivity contribution < 1.29 is 14.3 Å². The lowest BCUT2D eigenvalue weighted by Gasteiger charge is -2.31. The van der Waals surface area contributed by atoms with Crippen LogP contribution in [0.4, 0.5) is 11.4 Å². The van der Waals surface area contributed by atoms with Crippen LogP contribution in [-0.2, 0) is 23.6 Å². The second-order valence-corrected chi connectivity index (χ2v) is 8.75. The number of hydrogen-bond donors (Lipinski definition) is 1. The maximum atomic E-state index is 12.8. The number of carbonyl (C=O) groups is 1. The second-order valence-electron chi connectivity index (χ2n) is 8.75. The van der Waals surface area contributed by atoms with E-state index in [-0.39, 0.29) is 12.5 Å². The Morgan fingerprint density at radius 2 is 1.59 bits per heavy atom. The van der Waals surface area contributed by atoms with Crippen molar-refractivity contribution in [3.63, 3.8) is 0 Å². The first kappa shape index (κ1) is 23.6. The molecule has 3 aromatic rings. The maximum absolute atomic E-state index is 12.8. The van der Waals surface area contributed by atoms with Crippen LogP contribution in [-0.4, -0.2) is 48.0 Å². The van der Waals surface area contributed by atoms with Gasteiger partial charge in [0.2, 0.25) is 0 Å². The highest BCUT2D eigenvalue weighted by molar-refractivity contribution is 5.99. The van der Waals surface area contributed by atoms with Crippen molar-refractivity contribution in [2.75, 3.05) is 43.1 Å². The number of amides is 1. The van der Waals surface area contributed by atoms with Gasteiger partial charge in [-0.05, 0) is 35.7 Å². The van der Waals surface area contributed by atoms with Crippen LogP contribution in [0.15, 0.2) is 46.0 Å². The molecule has 0 spiro atoms. The number of aryl methyl sites for hydroxylation is 2. The van der Waals surface area contributed by atoms with E-state index in [1.807, 2.05) is 30.3 Å². The number of aromatic nitrogens is 2. The molecule has 1 aromatic heterocycles. The molecule has 0 aliphatic carbocycles. The van der Waals surface area contributed by atoms with E-state index < -0.39 is 11.1 Å². The number of anilines is 2. The van der Waals surface area contributed by atoms with E-state index in [1.165, 1.54) is 14.7 Å². The summed E-state index contributed by atoms with van der Waals surface area (Å²) in [5.74, 6) is 0.708. The Morgan fingerprint density at radius 1 is 1.00 bits per heavy atom. The number of morpholine rings is 1. The van der Waals surface area contributed by atoms with E-state index in [1.54, 1.807) is 20.2 Å². The molecule has 2 heterocycles. The van der Waals surface area contributed by atoms with Gasteiger partial charge in [0.25, 0.3) is 5.91 Å². The molecule has 2 aromatic carbocycles. The SMILES string of the molecule is CC(C)c1ccc(OCC(=O)Nc2cc3c(cc2N2CCOCC2)n(C)c(=O)c(=O)n3C)cc1. The molecule has 9 nitrogen and oxygen atoms in total. The molecular formula is C25H30N4O5. The Bertz CT molecular complexity index is 1320. The predicted molar refractivity (Wildman–Crippen MR) is 132 cm³/mol. The minimum absolute atomic E-state index is 0.159. The quantitative estimate of drug-likeness (QED) is 0.560. The van der Waals surface area contributed by atoms with E-state index in [9.17, 15) is 14.4 Å². The van der Waals surface area contributed by atoms with Gasteiger partial charge >= 0.3 is 11.1 Å². The van der Waals surface area contributed by atoms with Crippen LogP contribution in [0.5, 0.6) is 5.75 Å². The molecule has 0 atom stereocenters. The van der Waals surface area contributed by atoms with Crippen LogP contribution in [0.25, 0.3) is 11.0 Å². The molecule has 0 unspecified atom stereocenters. The van der Waals surface area contributed by atoms with Gasteiger partial charge in [-0.1, -0.05) is 26.0 Å². The standard InChI is InChI=1S/C25H30N4O5/c1-16(2)17-5-7-18(8-6-17)34-15-23(30)26-19-13-21-22(28(4)25(32)24(31)27(21)3)14-20(19)29-9-11-33-12-10-29/h5-8,13-14,16H,9-12,15H2,1-4H3,(H,26,30). The number of hydrogen-bond acceptors (Lipinski definition) is 6. The van der Waals surface area contributed by atoms with Crippen molar-refractivity contribution in [2.24, 2.45) is 14.1 Å². The molecule has 0 radical (unpaired) electrons. The Morgan fingerprint density at radius 3 is 2.18 bits per heavy atom. The predicted octanol–water partition coefficient (Wildman–Crippen LogP) is 2.21. The summed E-state index contributed by atoms with van der Waals surface area (Å²) in [4.78, 5) is 39.6. The van der Waals surface area contributed by atoms with Crippen molar-refractivity contribution in [3.8, 4) is 5.75 Å². The van der Waals surface area contributed by atoms with E-state index in [0.29, 0.717) is 54.7 Å². The number of benzene rings is 2. The molecule has 1 fully saturated rings. The van der Waals surface area contributed by atoms with Gasteiger partial charge in [-0.25, -0.2) is 0 Å². The van der Waals surface area contributed by atoms with Gasteiger partial charge in [0.1, 0.15) is 5.75 Å². The summed E-state index contributed by atoms with van der Waals surface area (Å²) < 4.78 is 13.8. The van der Waals surface area contributed by atoms with Crippen LogP contribution in [0.3, 0.4) is 0 Å². The maximum Gasteiger partial charge on any atom is 0.316 e. The van der Waals surface area contributed by atoms with Crippen LogP contribution in [0.2, 0.25) is 0 Å². The summed E-state index contributed by atoms with van der Waals surface area (Å²) >= 11 is 0. The monoisotopic (exact) mass is 466 g/mol. The normalized spacial score (nSPS) is 14.0. The first-order valence-corrected chi connectivity index (χ1v) is 11.4. The van der Waals surface area contributed by atoms with Gasteiger partial charge in [0.15, 0.2) is 6.61 Å². The summed E-state index contributed by atoms with van der Waals surface area (Å²) in [6.07, 6.45) is 0. The molecule has 1 aliphatic heterocycles. The molecule has 1 aliphatic rings. The lowest BCUT2D eigenvalue weighted by molar-refractivity contribution is -0.118. The first-order valence-electron chi connectivity index (χ1n) is 11.4. The van der Waals surface area contributed by atoms with E-state index >= 15 is 0 Å². The molecule has 1 N–H and O–H groups in total. The highest BCUT2D eigenvalue weighted by atomic mass is 16.5. The molecule has 0 bridgehead atoms. The first-order chi connectivity index (χ1) is 16.3. The Balaban J connectivity index is 1.63. The van der Waals surface area contributed by atoms with E-state index in [2.05, 4.69) is 24.1 Å². The van der Waals surface area contributed by atoms with Crippen molar-refractivity contribution >= 4 is 28.3 Å². The molecule has 180 valence electrons. The molecule has 1 saturated heterocycles. The molecule has 34 heavy (non-hydrogen) atoms. The minimum Gasteiger partial charge on any atom is -0.484 e. The largest absolute Gasteiger partial charge is 0.484 e. The molecule has 4 rings (SSSR count). The van der Waals surface area contributed by atoms with Gasteiger partial charge in [-0.3, -0.25) is 14.4 Å². The summed E-state index contributed by atoms with van der Waals surface area (Å²) in [6.45, 7) is 6.49. The number of ether oxygens (including phenoxy) is 2. The molecule has 9 heteroatoms. The van der Waals surface area contributed by atoms with Crippen molar-refractivity contribution in [2.45, 2.75) is 19.8 Å². The second kappa shape index (κ2) is 9.72. The number of carbonyl (C=O) groups excluding carboxylic acids is 1. The Hall–Kier alpha value is -3.59. The Labute approximate surface area is 197 Å². The topological polar surface area (TPSA) is 94.8 Å². The zero-order valence-corrected chi connectivity index (χ0v) is 20.0. The highest BCUT2D eigenvalue weighted by Gasteiger charge is 2.20. The van der Waals surface area contributed by atoms with Crippen molar-refractivity contribution in [1.29, 1.82) is 0 Å². The minimum atomic E-state index is -0.625. The lowest BCUT2D eigenvalue weighted by Crippen LogP contribution is -2.40. The number of fused-ring (bicyclic) bond motifs is 1. The fourth-order valence-electron chi connectivity index (χ4n) is 4.06. The average molecular weight is 467 g/mol. The van der Waals surface area contributed by atoms with E-state index in [0.717, 1.165) is 5.69 Å². The number of nitrogens with zero attached hydrogens (tertiary/aromatic N) is 3. The van der Waals surface area contributed by atoms with Crippen LogP contribution in [0.1, 0.15) is 25.3 Å². The fourth-order valence-corrected chi connectivity index (χ4v) is 4.06. The third-order valence-electron chi connectivity index (χ3n) is 6.15. The van der Waals surface area contributed by atoms with Gasteiger partial charge < -0.3 is 28.8 Å². The fraction of sp³-hybridized carbons (Fsp3) is 0.400. The van der Waals surface area contributed by atoms with Crippen LogP contribution < -0.4 is 26.1 Å². The summed E-state index contributed by atoms with van der Waals surface area (Å²) in [5, 5.41) is 2.93. The third kappa shape index (κ3) is 4.70. The smallest absolute Gasteiger partial charge is 0.316 e. The molecule has 1 amide bonds. The lowest BCUT2D eigenvalue weighted by atomic mass is 10.0. The molecule has 0 saturated carbocycles. The average Bonchev–Trinajstić information content (AvgIpc) is 2.85. The summed E-state index contributed by atoms with van der Waals surface area (Å²) in [7, 11) is 3.13. The van der Waals surface area contributed by atoms with Gasteiger partial charge in [-0.2, -0.15) is 0 Å². The van der Waals surface area contributed by atoms with Crippen molar-refractivity contribution in [1.82, 2.24) is 9.13 Å². The summed E-state index contributed by atoms with van der Waals surface area (Å²) in [6, 6.07) is 11.3. The Kier molecular flexibility index (Phi) is 6.74. The van der Waals surface area contributed by atoms with Crippen molar-refractivity contribution in [3.05, 3.63) is 62.7 Å². The van der Waals surface area contributed by atoms with Gasteiger partial charge in [-0.15, -0.1) is 0 Å². The van der Waals surface area contributed by atoms with Gasteiger partial charge in [0.05, 0.1) is 35.6 Å². The number of nitrogens with one attached hydrogen (secondary N) is 1. The zero-order valence-electron chi connectivity index (χ0n) is 20.0.